The molecule has 3 N–H and O–H groups in total. The van der Waals surface area contributed by atoms with Gasteiger partial charge in [0.1, 0.15) is 0 Å². The molecule has 128 valence electrons. The van der Waals surface area contributed by atoms with Crippen LogP contribution in [0.15, 0.2) is 30.3 Å². The highest BCUT2D eigenvalue weighted by atomic mass is 35.5. The van der Waals surface area contributed by atoms with Gasteiger partial charge in [0.25, 0.3) is 0 Å². The number of nitrogens with zero attached hydrogens (tertiary/aromatic N) is 1. The highest BCUT2D eigenvalue weighted by Gasteiger charge is 2.39. The minimum Gasteiger partial charge on any atom is -0.336 e. The van der Waals surface area contributed by atoms with E-state index in [2.05, 4.69) is 5.32 Å². The first-order valence-corrected chi connectivity index (χ1v) is 7.79. The standard InChI is InChI=1S/C17H25N3O2.ClH/c1-17(18)11-7-6-10-14(17)16(22)20(2)12-15(21)19-13-8-4-3-5-9-13;/h3-5,8-9,14H,6-7,10-12,18H2,1-2H3,(H,19,21);1H. The third-order valence-electron chi connectivity index (χ3n) is 4.37. The summed E-state index contributed by atoms with van der Waals surface area (Å²) in [4.78, 5) is 26.1. The van der Waals surface area contributed by atoms with Gasteiger partial charge in [0.2, 0.25) is 11.8 Å². The van der Waals surface area contributed by atoms with Crippen molar-refractivity contribution >= 4 is 29.9 Å². The number of nitrogens with two attached hydrogens (primary N) is 1. The van der Waals surface area contributed by atoms with Crippen LogP contribution in [0.4, 0.5) is 5.69 Å². The normalized spacial score (nSPS) is 23.5. The van der Waals surface area contributed by atoms with Gasteiger partial charge in [-0.15, -0.1) is 12.4 Å². The summed E-state index contributed by atoms with van der Waals surface area (Å²) in [7, 11) is 1.66. The van der Waals surface area contributed by atoms with Gasteiger partial charge in [0, 0.05) is 18.3 Å². The second-order valence-corrected chi connectivity index (χ2v) is 6.41. The summed E-state index contributed by atoms with van der Waals surface area (Å²) in [6.07, 6.45) is 3.74. The van der Waals surface area contributed by atoms with E-state index < -0.39 is 5.54 Å². The molecule has 1 aliphatic carbocycles. The fourth-order valence-electron chi connectivity index (χ4n) is 3.05. The molecule has 1 saturated carbocycles. The quantitative estimate of drug-likeness (QED) is 0.884. The van der Waals surface area contributed by atoms with Gasteiger partial charge >= 0.3 is 0 Å². The van der Waals surface area contributed by atoms with E-state index in [1.54, 1.807) is 7.05 Å². The van der Waals surface area contributed by atoms with E-state index in [1.165, 1.54) is 4.90 Å². The first kappa shape index (κ1) is 19.5. The van der Waals surface area contributed by atoms with Crippen molar-refractivity contribution in [2.24, 2.45) is 11.7 Å². The van der Waals surface area contributed by atoms with Crippen LogP contribution in [-0.2, 0) is 9.59 Å². The Labute approximate surface area is 144 Å². The fraction of sp³-hybridized carbons (Fsp3) is 0.529. The van der Waals surface area contributed by atoms with Crippen molar-refractivity contribution in [1.29, 1.82) is 0 Å². The van der Waals surface area contributed by atoms with Crippen molar-refractivity contribution < 1.29 is 9.59 Å². The van der Waals surface area contributed by atoms with Gasteiger partial charge in [-0.3, -0.25) is 9.59 Å². The number of hydrogen-bond donors (Lipinski definition) is 2. The van der Waals surface area contributed by atoms with E-state index in [0.717, 1.165) is 31.4 Å². The molecule has 2 amide bonds. The van der Waals surface area contributed by atoms with Crippen LogP contribution in [-0.4, -0.2) is 35.8 Å². The molecule has 1 aromatic carbocycles. The topological polar surface area (TPSA) is 75.4 Å². The van der Waals surface area contributed by atoms with E-state index in [0.29, 0.717) is 0 Å². The zero-order valence-electron chi connectivity index (χ0n) is 13.7. The number of likely N-dealkylation sites (N-methyl/N-ethyl adjacent to an activating group) is 1. The van der Waals surface area contributed by atoms with Crippen molar-refractivity contribution in [2.75, 3.05) is 18.9 Å². The van der Waals surface area contributed by atoms with Gasteiger partial charge in [0.15, 0.2) is 0 Å². The molecule has 1 fully saturated rings. The van der Waals surface area contributed by atoms with Crippen molar-refractivity contribution in [3.05, 3.63) is 30.3 Å². The van der Waals surface area contributed by atoms with Gasteiger partial charge in [-0.25, -0.2) is 0 Å². The van der Waals surface area contributed by atoms with Gasteiger partial charge < -0.3 is 16.0 Å². The Morgan fingerprint density at radius 1 is 1.30 bits per heavy atom. The van der Waals surface area contributed by atoms with E-state index in [4.69, 9.17) is 5.73 Å². The highest BCUT2D eigenvalue weighted by Crippen LogP contribution is 2.32. The van der Waals surface area contributed by atoms with Crippen molar-refractivity contribution in [3.63, 3.8) is 0 Å². The molecule has 2 rings (SSSR count). The third kappa shape index (κ3) is 5.22. The minimum atomic E-state index is -0.473. The molecule has 23 heavy (non-hydrogen) atoms. The van der Waals surface area contributed by atoms with Crippen molar-refractivity contribution in [2.45, 2.75) is 38.1 Å². The van der Waals surface area contributed by atoms with Crippen LogP contribution < -0.4 is 11.1 Å². The van der Waals surface area contributed by atoms with E-state index in [9.17, 15) is 9.59 Å². The first-order chi connectivity index (χ1) is 10.4. The molecule has 1 aromatic rings. The predicted octanol–water partition coefficient (Wildman–Crippen LogP) is 2.41. The van der Waals surface area contributed by atoms with Crippen LogP contribution in [0.5, 0.6) is 0 Å². The molecule has 0 bridgehead atoms. The van der Waals surface area contributed by atoms with E-state index in [1.807, 2.05) is 37.3 Å². The van der Waals surface area contributed by atoms with Gasteiger partial charge in [-0.2, -0.15) is 0 Å². The smallest absolute Gasteiger partial charge is 0.243 e. The Morgan fingerprint density at radius 3 is 2.57 bits per heavy atom. The third-order valence-corrected chi connectivity index (χ3v) is 4.37. The molecule has 6 heteroatoms. The molecule has 0 saturated heterocycles. The molecule has 2 atom stereocenters. The number of rotatable bonds is 4. The lowest BCUT2D eigenvalue weighted by Crippen LogP contribution is -2.53. The summed E-state index contributed by atoms with van der Waals surface area (Å²) < 4.78 is 0. The molecule has 0 radical (unpaired) electrons. The van der Waals surface area contributed by atoms with Crippen molar-refractivity contribution in [3.8, 4) is 0 Å². The summed E-state index contributed by atoms with van der Waals surface area (Å²) in [5.41, 5.74) is 6.53. The summed E-state index contributed by atoms with van der Waals surface area (Å²) in [6.45, 7) is 1.98. The number of nitrogens with one attached hydrogen (secondary N) is 1. The molecule has 1 aliphatic rings. The van der Waals surface area contributed by atoms with Crippen LogP contribution in [0.3, 0.4) is 0 Å². The lowest BCUT2D eigenvalue weighted by Gasteiger charge is -2.39. The maximum Gasteiger partial charge on any atom is 0.243 e. The number of benzene rings is 1. The largest absolute Gasteiger partial charge is 0.336 e. The Bertz CT molecular complexity index is 534. The molecule has 5 nitrogen and oxygen atoms in total. The number of carbonyl (C=O) groups excluding carboxylic acids is 2. The zero-order chi connectivity index (χ0) is 16.2. The molecular weight excluding hydrogens is 314 g/mol. The summed E-state index contributed by atoms with van der Waals surface area (Å²) >= 11 is 0. The fourth-order valence-corrected chi connectivity index (χ4v) is 3.05. The molecule has 2 unspecified atom stereocenters. The van der Waals surface area contributed by atoms with Crippen LogP contribution in [0.25, 0.3) is 0 Å². The van der Waals surface area contributed by atoms with Crippen LogP contribution >= 0.6 is 12.4 Å². The Hall–Kier alpha value is -1.59. The SMILES string of the molecule is CN(CC(=O)Nc1ccccc1)C(=O)C1CCCCC1(C)N.Cl. The van der Waals surface area contributed by atoms with Gasteiger partial charge in [0.05, 0.1) is 12.5 Å². The number of amides is 2. The van der Waals surface area contributed by atoms with Gasteiger partial charge in [-0.1, -0.05) is 31.0 Å². The highest BCUT2D eigenvalue weighted by molar-refractivity contribution is 5.94. The molecular formula is C17H26ClN3O2. The summed E-state index contributed by atoms with van der Waals surface area (Å²) in [5, 5.41) is 2.79. The molecule has 0 heterocycles. The predicted molar refractivity (Wildman–Crippen MR) is 94.5 cm³/mol. The number of hydrogen-bond acceptors (Lipinski definition) is 3. The second-order valence-electron chi connectivity index (χ2n) is 6.41. The number of para-hydroxylation sites is 1. The average molecular weight is 340 g/mol. The zero-order valence-corrected chi connectivity index (χ0v) is 14.6. The van der Waals surface area contributed by atoms with Crippen LogP contribution in [0.1, 0.15) is 32.6 Å². The average Bonchev–Trinajstić information content (AvgIpc) is 2.47. The maximum atomic E-state index is 12.6. The lowest BCUT2D eigenvalue weighted by molar-refractivity contribution is -0.139. The summed E-state index contributed by atoms with van der Waals surface area (Å²) in [6, 6.07) is 9.23. The van der Waals surface area contributed by atoms with Crippen LogP contribution in [0, 0.1) is 5.92 Å². The Balaban J connectivity index is 0.00000264. The second kappa shape index (κ2) is 8.31. The van der Waals surface area contributed by atoms with E-state index >= 15 is 0 Å². The maximum absolute atomic E-state index is 12.6. The Morgan fingerprint density at radius 2 is 1.96 bits per heavy atom. The van der Waals surface area contributed by atoms with Crippen molar-refractivity contribution in [1.82, 2.24) is 4.90 Å². The molecule has 0 spiro atoms. The molecule has 0 aliphatic heterocycles. The lowest BCUT2D eigenvalue weighted by atomic mass is 9.74. The minimum absolute atomic E-state index is 0. The number of anilines is 1. The molecule has 0 aromatic heterocycles. The Kier molecular flexibility index (Phi) is 7.03. The number of halogens is 1. The monoisotopic (exact) mass is 339 g/mol. The van der Waals surface area contributed by atoms with E-state index in [-0.39, 0.29) is 36.7 Å². The first-order valence-electron chi connectivity index (χ1n) is 7.79. The van der Waals surface area contributed by atoms with Crippen LogP contribution in [0.2, 0.25) is 0 Å². The van der Waals surface area contributed by atoms with Gasteiger partial charge in [-0.05, 0) is 31.9 Å². The summed E-state index contributed by atoms with van der Waals surface area (Å²) in [5.74, 6) is -0.430. The number of carbonyl (C=O) groups is 2.